The van der Waals surface area contributed by atoms with Crippen LogP contribution in [0.3, 0.4) is 0 Å². The molecule has 3 heteroatoms. The van der Waals surface area contributed by atoms with E-state index < -0.39 is 5.41 Å². The van der Waals surface area contributed by atoms with Gasteiger partial charge in [-0.1, -0.05) is 27.2 Å². The van der Waals surface area contributed by atoms with Gasteiger partial charge in [0, 0.05) is 18.4 Å². The lowest BCUT2D eigenvalue weighted by Gasteiger charge is -2.15. The molecule has 0 radical (unpaired) electrons. The molecule has 0 heterocycles. The van der Waals surface area contributed by atoms with Crippen molar-refractivity contribution in [1.82, 2.24) is 0 Å². The van der Waals surface area contributed by atoms with E-state index in [4.69, 9.17) is 5.11 Å². The quantitative estimate of drug-likeness (QED) is 0.521. The van der Waals surface area contributed by atoms with Gasteiger partial charge in [-0.3, -0.25) is 9.59 Å². The molecule has 0 spiro atoms. The molecule has 0 aliphatic heterocycles. The molecule has 88 valence electrons. The molecule has 15 heavy (non-hydrogen) atoms. The molecule has 0 aromatic carbocycles. The fourth-order valence-corrected chi connectivity index (χ4v) is 1.14. The van der Waals surface area contributed by atoms with E-state index >= 15 is 0 Å². The maximum atomic E-state index is 11.5. The lowest BCUT2D eigenvalue weighted by Crippen LogP contribution is -2.22. The molecule has 0 unspecified atom stereocenters. The van der Waals surface area contributed by atoms with Crippen molar-refractivity contribution in [1.29, 1.82) is 0 Å². The third-order valence-corrected chi connectivity index (χ3v) is 2.31. The third kappa shape index (κ3) is 7.25. The van der Waals surface area contributed by atoms with Crippen molar-refractivity contribution in [3.8, 4) is 0 Å². The minimum absolute atomic E-state index is 0.00894. The number of carbonyl (C=O) groups is 2. The topological polar surface area (TPSA) is 54.4 Å². The van der Waals surface area contributed by atoms with E-state index in [1.165, 1.54) is 0 Å². The Kier molecular flexibility index (Phi) is 6.41. The van der Waals surface area contributed by atoms with Gasteiger partial charge in [0.25, 0.3) is 0 Å². The van der Waals surface area contributed by atoms with Crippen LogP contribution in [-0.4, -0.2) is 23.3 Å². The lowest BCUT2D eigenvalue weighted by molar-refractivity contribution is -0.131. The summed E-state index contributed by atoms with van der Waals surface area (Å²) in [7, 11) is 0. The molecule has 0 amide bonds. The molecule has 0 aliphatic carbocycles. The zero-order chi connectivity index (χ0) is 11.9. The van der Waals surface area contributed by atoms with Gasteiger partial charge in [-0.15, -0.1) is 0 Å². The highest BCUT2D eigenvalue weighted by Crippen LogP contribution is 2.17. The molecule has 0 aliphatic rings. The van der Waals surface area contributed by atoms with E-state index in [9.17, 15) is 9.59 Å². The number of hydrogen-bond donors (Lipinski definition) is 1. The van der Waals surface area contributed by atoms with Crippen molar-refractivity contribution in [3.63, 3.8) is 0 Å². The molecule has 0 atom stereocenters. The molecule has 3 nitrogen and oxygen atoms in total. The van der Waals surface area contributed by atoms with Gasteiger partial charge in [-0.05, 0) is 12.8 Å². The maximum absolute atomic E-state index is 11.5. The average Bonchev–Trinajstić information content (AvgIpc) is 2.11. The SMILES string of the molecule is CC(C)(C)C(=O)CC(=O)CCCCCO. The molecule has 1 N–H and O–H groups in total. The Morgan fingerprint density at radius 2 is 1.67 bits per heavy atom. The van der Waals surface area contributed by atoms with Crippen LogP contribution in [0.2, 0.25) is 0 Å². The number of ketones is 2. The van der Waals surface area contributed by atoms with Crippen molar-refractivity contribution in [3.05, 3.63) is 0 Å². The van der Waals surface area contributed by atoms with Crippen LogP contribution < -0.4 is 0 Å². The van der Waals surface area contributed by atoms with Gasteiger partial charge in [-0.25, -0.2) is 0 Å². The fraction of sp³-hybridized carbons (Fsp3) is 0.833. The Bertz CT molecular complexity index is 213. The molecule has 0 aromatic heterocycles. The van der Waals surface area contributed by atoms with Crippen LogP contribution in [0.5, 0.6) is 0 Å². The predicted octanol–water partition coefficient (Wildman–Crippen LogP) is 2.11. The monoisotopic (exact) mass is 214 g/mol. The van der Waals surface area contributed by atoms with Gasteiger partial charge in [0.15, 0.2) is 0 Å². The Morgan fingerprint density at radius 1 is 1.07 bits per heavy atom. The van der Waals surface area contributed by atoms with Gasteiger partial charge < -0.3 is 5.11 Å². The van der Waals surface area contributed by atoms with Crippen molar-refractivity contribution in [2.24, 2.45) is 5.41 Å². The summed E-state index contributed by atoms with van der Waals surface area (Å²) >= 11 is 0. The highest BCUT2D eigenvalue weighted by atomic mass is 16.2. The van der Waals surface area contributed by atoms with Crippen molar-refractivity contribution >= 4 is 11.6 Å². The number of aliphatic hydroxyl groups excluding tert-OH is 1. The molecule has 0 saturated heterocycles. The highest BCUT2D eigenvalue weighted by Gasteiger charge is 2.22. The predicted molar refractivity (Wildman–Crippen MR) is 59.6 cm³/mol. The van der Waals surface area contributed by atoms with Gasteiger partial charge in [0.1, 0.15) is 11.6 Å². The summed E-state index contributed by atoms with van der Waals surface area (Å²) < 4.78 is 0. The van der Waals surface area contributed by atoms with Gasteiger partial charge >= 0.3 is 0 Å². The number of hydrogen-bond acceptors (Lipinski definition) is 3. The largest absolute Gasteiger partial charge is 0.396 e. The lowest BCUT2D eigenvalue weighted by atomic mass is 9.87. The van der Waals surface area contributed by atoms with E-state index in [1.54, 1.807) is 0 Å². The summed E-state index contributed by atoms with van der Waals surface area (Å²) in [5.41, 5.74) is -0.416. The number of aliphatic hydroxyl groups is 1. The minimum atomic E-state index is -0.416. The molecule has 0 saturated carbocycles. The van der Waals surface area contributed by atoms with E-state index in [-0.39, 0.29) is 24.6 Å². The summed E-state index contributed by atoms with van der Waals surface area (Å²) in [4.78, 5) is 22.9. The molecule has 0 bridgehead atoms. The fourth-order valence-electron chi connectivity index (χ4n) is 1.14. The van der Waals surface area contributed by atoms with Crippen LogP contribution >= 0.6 is 0 Å². The van der Waals surface area contributed by atoms with Crippen molar-refractivity contribution < 1.29 is 14.7 Å². The van der Waals surface area contributed by atoms with Gasteiger partial charge in [0.05, 0.1) is 6.42 Å². The average molecular weight is 214 g/mol. The normalized spacial score (nSPS) is 11.5. The second-order valence-corrected chi connectivity index (χ2v) is 4.92. The van der Waals surface area contributed by atoms with Crippen LogP contribution in [0.15, 0.2) is 0 Å². The number of carbonyl (C=O) groups excluding carboxylic acids is 2. The molecule has 0 aromatic rings. The van der Waals surface area contributed by atoms with Crippen molar-refractivity contribution in [2.45, 2.75) is 52.9 Å². The van der Waals surface area contributed by atoms with E-state index in [0.29, 0.717) is 6.42 Å². The van der Waals surface area contributed by atoms with Crippen molar-refractivity contribution in [2.75, 3.05) is 6.61 Å². The molecular formula is C12H22O3. The molecular weight excluding hydrogens is 192 g/mol. The summed E-state index contributed by atoms with van der Waals surface area (Å²) in [6.45, 7) is 5.66. The Hall–Kier alpha value is -0.700. The first-order chi connectivity index (χ1) is 6.88. The third-order valence-electron chi connectivity index (χ3n) is 2.31. The van der Waals surface area contributed by atoms with Crippen LogP contribution in [0.4, 0.5) is 0 Å². The van der Waals surface area contributed by atoms with Crippen LogP contribution in [0, 0.1) is 5.41 Å². The Balaban J connectivity index is 3.71. The van der Waals surface area contributed by atoms with Crippen LogP contribution in [0.25, 0.3) is 0 Å². The first-order valence-corrected chi connectivity index (χ1v) is 5.54. The van der Waals surface area contributed by atoms with Gasteiger partial charge in [0.2, 0.25) is 0 Å². The summed E-state index contributed by atoms with van der Waals surface area (Å²) in [6.07, 6.45) is 2.88. The van der Waals surface area contributed by atoms with E-state index in [0.717, 1.165) is 19.3 Å². The number of unbranched alkanes of at least 4 members (excludes halogenated alkanes) is 2. The summed E-state index contributed by atoms with van der Waals surface area (Å²) in [5.74, 6) is 0.0301. The minimum Gasteiger partial charge on any atom is -0.396 e. The number of Topliss-reactive ketones (excluding diaryl/α,β-unsaturated/α-hetero) is 2. The first-order valence-electron chi connectivity index (χ1n) is 5.54. The smallest absolute Gasteiger partial charge is 0.145 e. The standard InChI is InChI=1S/C12H22O3/c1-12(2,3)11(15)9-10(14)7-5-4-6-8-13/h13H,4-9H2,1-3H3. The van der Waals surface area contributed by atoms with Gasteiger partial charge in [-0.2, -0.15) is 0 Å². The van der Waals surface area contributed by atoms with Crippen LogP contribution in [0.1, 0.15) is 52.9 Å². The first kappa shape index (κ1) is 14.3. The Labute approximate surface area is 91.9 Å². The second kappa shape index (κ2) is 6.72. The molecule has 0 rings (SSSR count). The maximum Gasteiger partial charge on any atom is 0.145 e. The van der Waals surface area contributed by atoms with E-state index in [2.05, 4.69) is 0 Å². The summed E-state index contributed by atoms with van der Waals surface area (Å²) in [6, 6.07) is 0. The summed E-state index contributed by atoms with van der Waals surface area (Å²) in [5, 5.41) is 8.54. The van der Waals surface area contributed by atoms with Crippen LogP contribution in [-0.2, 0) is 9.59 Å². The molecule has 0 fully saturated rings. The highest BCUT2D eigenvalue weighted by molar-refractivity contribution is 6.01. The zero-order valence-corrected chi connectivity index (χ0v) is 10.0. The zero-order valence-electron chi connectivity index (χ0n) is 10.0. The van der Waals surface area contributed by atoms with E-state index in [1.807, 2.05) is 20.8 Å². The second-order valence-electron chi connectivity index (χ2n) is 4.92. The number of rotatable bonds is 7. The Morgan fingerprint density at radius 3 is 2.13 bits per heavy atom.